The minimum atomic E-state index is -0.141. The zero-order valence-electron chi connectivity index (χ0n) is 13.4. The van der Waals surface area contributed by atoms with Crippen LogP contribution in [0.15, 0.2) is 42.5 Å². The van der Waals surface area contributed by atoms with Gasteiger partial charge in [-0.2, -0.15) is 0 Å². The fraction of sp³-hybridized carbons (Fsp3) is 0.400. The Kier molecular flexibility index (Phi) is 3.82. The summed E-state index contributed by atoms with van der Waals surface area (Å²) in [5.41, 5.74) is 3.98. The first-order valence-electron chi connectivity index (χ1n) is 8.39. The Morgan fingerprint density at radius 3 is 2.96 bits per heavy atom. The van der Waals surface area contributed by atoms with Crippen molar-refractivity contribution in [1.29, 1.82) is 0 Å². The van der Waals surface area contributed by atoms with Crippen LogP contribution in [0.1, 0.15) is 29.0 Å². The number of hydrogen-bond acceptors (Lipinski definition) is 2. The van der Waals surface area contributed by atoms with Gasteiger partial charge in [-0.15, -0.1) is 0 Å². The van der Waals surface area contributed by atoms with Crippen molar-refractivity contribution in [3.8, 4) is 5.75 Å². The molecule has 0 spiro atoms. The third-order valence-electron chi connectivity index (χ3n) is 5.47. The van der Waals surface area contributed by atoms with Crippen LogP contribution in [0.5, 0.6) is 5.75 Å². The highest BCUT2D eigenvalue weighted by Crippen LogP contribution is 2.42. The highest BCUT2D eigenvalue weighted by molar-refractivity contribution is 5.41. The lowest BCUT2D eigenvalue weighted by Gasteiger charge is -2.31. The molecule has 23 heavy (non-hydrogen) atoms. The maximum Gasteiger partial charge on any atom is 0.123 e. The number of rotatable bonds is 3. The smallest absolute Gasteiger partial charge is 0.123 e. The van der Waals surface area contributed by atoms with E-state index in [1.165, 1.54) is 23.6 Å². The van der Waals surface area contributed by atoms with Gasteiger partial charge >= 0.3 is 0 Å². The monoisotopic (exact) mass is 311 g/mol. The van der Waals surface area contributed by atoms with Crippen LogP contribution >= 0.6 is 0 Å². The molecule has 3 heteroatoms. The molecular weight excluding hydrogens is 289 g/mol. The summed E-state index contributed by atoms with van der Waals surface area (Å²) >= 11 is 0. The van der Waals surface area contributed by atoms with Crippen LogP contribution in [-0.2, 0) is 12.8 Å². The largest absolute Gasteiger partial charge is 0.497 e. The minimum Gasteiger partial charge on any atom is -0.497 e. The summed E-state index contributed by atoms with van der Waals surface area (Å²) in [6.45, 7) is 1.02. The summed E-state index contributed by atoms with van der Waals surface area (Å²) in [7, 11) is 1.72. The molecule has 4 rings (SSSR count). The van der Waals surface area contributed by atoms with Crippen molar-refractivity contribution in [3.63, 3.8) is 0 Å². The van der Waals surface area contributed by atoms with Crippen molar-refractivity contribution >= 4 is 0 Å². The zero-order valence-corrected chi connectivity index (χ0v) is 13.4. The Morgan fingerprint density at radius 1 is 1.22 bits per heavy atom. The molecule has 1 fully saturated rings. The maximum atomic E-state index is 13.4. The van der Waals surface area contributed by atoms with Gasteiger partial charge in [-0.1, -0.05) is 18.2 Å². The molecule has 0 saturated carbocycles. The van der Waals surface area contributed by atoms with Crippen LogP contribution in [0.2, 0.25) is 0 Å². The average Bonchev–Trinajstić information content (AvgIpc) is 2.97. The molecule has 1 aliphatic carbocycles. The van der Waals surface area contributed by atoms with E-state index in [4.69, 9.17) is 4.74 Å². The standard InChI is InChI=1S/C20H22FNO/c1-23-16-6-8-17-14(11-16)5-7-18-19(17)12-22-20(18)10-13-3-2-4-15(21)9-13/h2-4,6,8-9,11,18-20,22H,5,7,10,12H2,1H3/t18?,19-,20+/m0/s1. The van der Waals surface area contributed by atoms with Gasteiger partial charge in [-0.3, -0.25) is 0 Å². The molecule has 1 saturated heterocycles. The SMILES string of the molecule is COc1ccc2c(c1)CCC1[C@@H](Cc3cccc(F)c3)NC[C@@H]21. The summed E-state index contributed by atoms with van der Waals surface area (Å²) in [5, 5.41) is 3.68. The van der Waals surface area contributed by atoms with Gasteiger partial charge in [0.2, 0.25) is 0 Å². The zero-order chi connectivity index (χ0) is 15.8. The number of halogens is 1. The molecule has 1 unspecified atom stereocenters. The summed E-state index contributed by atoms with van der Waals surface area (Å²) in [6, 6.07) is 13.9. The van der Waals surface area contributed by atoms with E-state index in [-0.39, 0.29) is 5.82 Å². The fourth-order valence-corrected chi connectivity index (χ4v) is 4.36. The number of nitrogens with one attached hydrogen (secondary N) is 1. The predicted octanol–water partition coefficient (Wildman–Crippen LogP) is 3.69. The summed E-state index contributed by atoms with van der Waals surface area (Å²) < 4.78 is 18.8. The fourth-order valence-electron chi connectivity index (χ4n) is 4.36. The molecule has 2 nitrogen and oxygen atoms in total. The molecule has 2 aliphatic rings. The van der Waals surface area contributed by atoms with Crippen LogP contribution in [0, 0.1) is 11.7 Å². The average molecular weight is 311 g/mol. The van der Waals surface area contributed by atoms with Gasteiger partial charge in [-0.25, -0.2) is 4.39 Å². The van der Waals surface area contributed by atoms with Crippen LogP contribution < -0.4 is 10.1 Å². The van der Waals surface area contributed by atoms with E-state index < -0.39 is 0 Å². The van der Waals surface area contributed by atoms with Crippen LogP contribution in [0.3, 0.4) is 0 Å². The van der Waals surface area contributed by atoms with Gasteiger partial charge in [0.05, 0.1) is 7.11 Å². The number of methoxy groups -OCH3 is 1. The molecular formula is C20H22FNO. The van der Waals surface area contributed by atoms with Crippen LogP contribution in [-0.4, -0.2) is 19.7 Å². The molecule has 0 radical (unpaired) electrons. The highest BCUT2D eigenvalue weighted by Gasteiger charge is 2.39. The quantitative estimate of drug-likeness (QED) is 0.933. The normalized spacial score (nSPS) is 25.7. The molecule has 2 aromatic rings. The Morgan fingerprint density at radius 2 is 2.13 bits per heavy atom. The Bertz CT molecular complexity index is 715. The van der Waals surface area contributed by atoms with Gasteiger partial charge in [0, 0.05) is 18.5 Å². The van der Waals surface area contributed by atoms with Crippen molar-refractivity contribution in [1.82, 2.24) is 5.32 Å². The van der Waals surface area contributed by atoms with Crippen molar-refractivity contribution < 1.29 is 9.13 Å². The van der Waals surface area contributed by atoms with Crippen molar-refractivity contribution in [2.24, 2.45) is 5.92 Å². The van der Waals surface area contributed by atoms with Crippen molar-refractivity contribution in [2.45, 2.75) is 31.2 Å². The van der Waals surface area contributed by atoms with Gasteiger partial charge < -0.3 is 10.1 Å². The molecule has 120 valence electrons. The highest BCUT2D eigenvalue weighted by atomic mass is 19.1. The molecule has 1 aliphatic heterocycles. The predicted molar refractivity (Wildman–Crippen MR) is 89.4 cm³/mol. The number of benzene rings is 2. The van der Waals surface area contributed by atoms with Gasteiger partial charge in [0.15, 0.2) is 0 Å². The first kappa shape index (κ1) is 14.7. The molecule has 0 bridgehead atoms. The lowest BCUT2D eigenvalue weighted by atomic mass is 9.73. The summed E-state index contributed by atoms with van der Waals surface area (Å²) in [6.07, 6.45) is 3.21. The number of aryl methyl sites for hydroxylation is 1. The van der Waals surface area contributed by atoms with E-state index in [1.54, 1.807) is 19.2 Å². The van der Waals surface area contributed by atoms with E-state index in [0.29, 0.717) is 17.9 Å². The molecule has 0 aromatic heterocycles. The Balaban J connectivity index is 1.55. The third-order valence-corrected chi connectivity index (χ3v) is 5.47. The topological polar surface area (TPSA) is 21.3 Å². The molecule has 2 aromatic carbocycles. The number of fused-ring (bicyclic) bond motifs is 3. The third kappa shape index (κ3) is 2.74. The second kappa shape index (κ2) is 5.97. The van der Waals surface area contributed by atoms with E-state index in [1.807, 2.05) is 6.07 Å². The van der Waals surface area contributed by atoms with Crippen LogP contribution in [0.4, 0.5) is 4.39 Å². The van der Waals surface area contributed by atoms with E-state index >= 15 is 0 Å². The molecule has 3 atom stereocenters. The van der Waals surface area contributed by atoms with E-state index in [2.05, 4.69) is 23.5 Å². The summed E-state index contributed by atoms with van der Waals surface area (Å²) in [4.78, 5) is 0. The molecule has 1 N–H and O–H groups in total. The van der Waals surface area contributed by atoms with Crippen LogP contribution in [0.25, 0.3) is 0 Å². The maximum absolute atomic E-state index is 13.4. The Hall–Kier alpha value is -1.87. The second-order valence-corrected chi connectivity index (χ2v) is 6.72. The van der Waals surface area contributed by atoms with Gasteiger partial charge in [0.1, 0.15) is 11.6 Å². The van der Waals surface area contributed by atoms with Crippen molar-refractivity contribution in [2.75, 3.05) is 13.7 Å². The molecule has 1 heterocycles. The number of ether oxygens (including phenoxy) is 1. The lowest BCUT2D eigenvalue weighted by molar-refractivity contribution is 0.370. The first-order chi connectivity index (χ1) is 11.2. The van der Waals surface area contributed by atoms with E-state index in [0.717, 1.165) is 30.7 Å². The van der Waals surface area contributed by atoms with Gasteiger partial charge in [-0.05, 0) is 66.1 Å². The lowest BCUT2D eigenvalue weighted by Crippen LogP contribution is -2.31. The number of hydrogen-bond donors (Lipinski definition) is 1. The minimum absolute atomic E-state index is 0.141. The molecule has 0 amide bonds. The van der Waals surface area contributed by atoms with Gasteiger partial charge in [0.25, 0.3) is 0 Å². The first-order valence-corrected chi connectivity index (χ1v) is 8.39. The van der Waals surface area contributed by atoms with Crippen molar-refractivity contribution in [3.05, 3.63) is 65.0 Å². The van der Waals surface area contributed by atoms with E-state index in [9.17, 15) is 4.39 Å². The summed E-state index contributed by atoms with van der Waals surface area (Å²) in [5.74, 6) is 2.02. The second-order valence-electron chi connectivity index (χ2n) is 6.72. The Labute approximate surface area is 136 Å².